The minimum Gasteiger partial charge on any atom is -0.467 e. The van der Waals surface area contributed by atoms with Gasteiger partial charge in [-0.2, -0.15) is 0 Å². The van der Waals surface area contributed by atoms with Gasteiger partial charge in [-0.1, -0.05) is 6.07 Å². The fourth-order valence-electron chi connectivity index (χ4n) is 3.28. The van der Waals surface area contributed by atoms with Gasteiger partial charge in [-0.15, -0.1) is 11.6 Å². The Morgan fingerprint density at radius 2 is 1.91 bits per heavy atom. The van der Waals surface area contributed by atoms with Crippen LogP contribution in [0.5, 0.6) is 11.5 Å². The van der Waals surface area contributed by atoms with Gasteiger partial charge in [0.1, 0.15) is 5.76 Å². The van der Waals surface area contributed by atoms with Crippen LogP contribution in [0.2, 0.25) is 0 Å². The van der Waals surface area contributed by atoms with Crippen molar-refractivity contribution in [1.82, 2.24) is 9.80 Å². The molecule has 9 heteroatoms. The normalized spacial score (nSPS) is 12.6. The van der Waals surface area contributed by atoms with Crippen LogP contribution in [-0.4, -0.2) is 61.1 Å². The first-order valence-electron chi connectivity index (χ1n) is 10.4. The Hall–Kier alpha value is -2.71. The van der Waals surface area contributed by atoms with E-state index >= 15 is 0 Å². The third-order valence-electron chi connectivity index (χ3n) is 5.18. The van der Waals surface area contributed by atoms with Crippen molar-refractivity contribution in [1.29, 1.82) is 0 Å². The molecule has 1 aliphatic heterocycles. The molecule has 0 saturated heterocycles. The highest BCUT2D eigenvalue weighted by atomic mass is 35.5. The zero-order valence-corrected chi connectivity index (χ0v) is 19.4. The van der Waals surface area contributed by atoms with Gasteiger partial charge in [0.05, 0.1) is 31.4 Å². The molecule has 0 spiro atoms. The van der Waals surface area contributed by atoms with Crippen molar-refractivity contribution in [2.24, 2.45) is 5.41 Å². The van der Waals surface area contributed by atoms with Crippen LogP contribution in [0, 0.1) is 5.41 Å². The standard InChI is InChI=1S/C23H29ClN2O6/c1-23(2,15-24)22(28)25(8-10-29-3)14-21(27)26(13-18-5-4-9-30-18)12-17-6-7-19-20(11-17)32-16-31-19/h4-7,9,11H,8,10,12-16H2,1-3H3. The molecule has 0 aliphatic carbocycles. The first-order valence-corrected chi connectivity index (χ1v) is 10.9. The summed E-state index contributed by atoms with van der Waals surface area (Å²) in [6.07, 6.45) is 1.57. The highest BCUT2D eigenvalue weighted by Gasteiger charge is 2.33. The maximum absolute atomic E-state index is 13.4. The second-order valence-electron chi connectivity index (χ2n) is 8.25. The maximum Gasteiger partial charge on any atom is 0.242 e. The van der Waals surface area contributed by atoms with Crippen LogP contribution in [0.4, 0.5) is 0 Å². The summed E-state index contributed by atoms with van der Waals surface area (Å²) >= 11 is 6.01. The van der Waals surface area contributed by atoms with Gasteiger partial charge in [0.2, 0.25) is 18.6 Å². The summed E-state index contributed by atoms with van der Waals surface area (Å²) in [5.74, 6) is 1.71. The number of carbonyl (C=O) groups excluding carboxylic acids is 2. The number of halogens is 1. The van der Waals surface area contributed by atoms with E-state index in [4.69, 9.17) is 30.2 Å². The summed E-state index contributed by atoms with van der Waals surface area (Å²) in [7, 11) is 1.56. The van der Waals surface area contributed by atoms with Crippen molar-refractivity contribution < 1.29 is 28.2 Å². The van der Waals surface area contributed by atoms with E-state index in [-0.39, 0.29) is 37.6 Å². The topological polar surface area (TPSA) is 81.5 Å². The second kappa shape index (κ2) is 10.7. The van der Waals surface area contributed by atoms with Crippen LogP contribution in [0.3, 0.4) is 0 Å². The predicted octanol–water partition coefficient (Wildman–Crippen LogP) is 3.28. The van der Waals surface area contributed by atoms with E-state index in [0.717, 1.165) is 5.56 Å². The summed E-state index contributed by atoms with van der Waals surface area (Å²) in [5, 5.41) is 0. The van der Waals surface area contributed by atoms with Gasteiger partial charge in [-0.3, -0.25) is 9.59 Å². The van der Waals surface area contributed by atoms with E-state index in [9.17, 15) is 9.59 Å². The molecule has 0 N–H and O–H groups in total. The van der Waals surface area contributed by atoms with Crippen molar-refractivity contribution in [3.8, 4) is 11.5 Å². The van der Waals surface area contributed by atoms with Gasteiger partial charge in [-0.25, -0.2) is 0 Å². The zero-order chi connectivity index (χ0) is 23.1. The van der Waals surface area contributed by atoms with Gasteiger partial charge in [-0.05, 0) is 43.7 Å². The SMILES string of the molecule is COCCN(CC(=O)N(Cc1ccc2c(c1)OCO2)Cc1ccco1)C(=O)C(C)(C)CCl. The number of fused-ring (bicyclic) bond motifs is 1. The lowest BCUT2D eigenvalue weighted by Gasteiger charge is -2.32. The summed E-state index contributed by atoms with van der Waals surface area (Å²) in [6.45, 7) is 4.82. The Morgan fingerprint density at radius 3 is 2.59 bits per heavy atom. The lowest BCUT2D eigenvalue weighted by Crippen LogP contribution is -2.48. The maximum atomic E-state index is 13.4. The fourth-order valence-corrected chi connectivity index (χ4v) is 3.40. The fraction of sp³-hybridized carbons (Fsp3) is 0.478. The number of rotatable bonds is 11. The number of methoxy groups -OCH3 is 1. The van der Waals surface area contributed by atoms with Crippen LogP contribution in [0.25, 0.3) is 0 Å². The van der Waals surface area contributed by atoms with E-state index in [2.05, 4.69) is 0 Å². The lowest BCUT2D eigenvalue weighted by atomic mass is 9.94. The monoisotopic (exact) mass is 464 g/mol. The molecule has 0 radical (unpaired) electrons. The number of alkyl halides is 1. The molecular weight excluding hydrogens is 436 g/mol. The van der Waals surface area contributed by atoms with E-state index in [0.29, 0.717) is 37.0 Å². The number of furan rings is 1. The average Bonchev–Trinajstić information content (AvgIpc) is 3.47. The Labute approximate surface area is 193 Å². The molecule has 3 rings (SSSR count). The molecule has 1 aromatic carbocycles. The van der Waals surface area contributed by atoms with Crippen LogP contribution < -0.4 is 9.47 Å². The van der Waals surface area contributed by atoms with Crippen molar-refractivity contribution in [3.63, 3.8) is 0 Å². The van der Waals surface area contributed by atoms with Crippen molar-refractivity contribution >= 4 is 23.4 Å². The highest BCUT2D eigenvalue weighted by Crippen LogP contribution is 2.33. The molecule has 2 amide bonds. The Bertz CT molecular complexity index is 915. The van der Waals surface area contributed by atoms with E-state index in [1.54, 1.807) is 38.2 Å². The lowest BCUT2D eigenvalue weighted by molar-refractivity contribution is -0.146. The molecule has 0 atom stereocenters. The first-order chi connectivity index (χ1) is 15.3. The van der Waals surface area contributed by atoms with Gasteiger partial charge < -0.3 is 28.4 Å². The molecule has 0 unspecified atom stereocenters. The van der Waals surface area contributed by atoms with Gasteiger partial charge in [0.15, 0.2) is 11.5 Å². The molecular formula is C23H29ClN2O6. The van der Waals surface area contributed by atoms with E-state index < -0.39 is 5.41 Å². The largest absolute Gasteiger partial charge is 0.467 e. The molecule has 32 heavy (non-hydrogen) atoms. The molecule has 1 aromatic heterocycles. The smallest absolute Gasteiger partial charge is 0.242 e. The van der Waals surface area contributed by atoms with Crippen molar-refractivity contribution in [3.05, 3.63) is 47.9 Å². The number of hydrogen-bond acceptors (Lipinski definition) is 6. The van der Waals surface area contributed by atoms with Gasteiger partial charge in [0, 0.05) is 26.1 Å². The molecule has 2 heterocycles. The third kappa shape index (κ3) is 5.95. The Morgan fingerprint density at radius 1 is 1.12 bits per heavy atom. The summed E-state index contributed by atoms with van der Waals surface area (Å²) in [4.78, 5) is 29.5. The minimum atomic E-state index is -0.793. The number of carbonyl (C=O) groups is 2. The number of benzene rings is 1. The summed E-state index contributed by atoms with van der Waals surface area (Å²) in [6, 6.07) is 9.15. The van der Waals surface area contributed by atoms with Gasteiger partial charge >= 0.3 is 0 Å². The third-order valence-corrected chi connectivity index (χ3v) is 5.85. The highest BCUT2D eigenvalue weighted by molar-refractivity contribution is 6.19. The molecule has 0 fully saturated rings. The molecule has 0 bridgehead atoms. The molecule has 0 saturated carbocycles. The van der Waals surface area contributed by atoms with Crippen LogP contribution in [-0.2, 0) is 27.4 Å². The molecule has 1 aliphatic rings. The van der Waals surface area contributed by atoms with E-state index in [1.165, 1.54) is 4.90 Å². The Kier molecular flexibility index (Phi) is 8.04. The molecule has 8 nitrogen and oxygen atoms in total. The molecule has 2 aromatic rings. The van der Waals surface area contributed by atoms with Crippen LogP contribution in [0.1, 0.15) is 25.2 Å². The van der Waals surface area contributed by atoms with Crippen molar-refractivity contribution in [2.45, 2.75) is 26.9 Å². The van der Waals surface area contributed by atoms with Crippen LogP contribution >= 0.6 is 11.6 Å². The first kappa shape index (κ1) is 23.9. The number of amides is 2. The second-order valence-corrected chi connectivity index (χ2v) is 8.52. The quantitative estimate of drug-likeness (QED) is 0.475. The number of nitrogens with zero attached hydrogens (tertiary/aromatic N) is 2. The minimum absolute atomic E-state index is 0.0895. The average molecular weight is 465 g/mol. The van der Waals surface area contributed by atoms with E-state index in [1.807, 2.05) is 24.3 Å². The number of ether oxygens (including phenoxy) is 3. The Balaban J connectivity index is 1.79. The summed E-state index contributed by atoms with van der Waals surface area (Å²) in [5.41, 5.74) is 0.0867. The molecule has 174 valence electrons. The van der Waals surface area contributed by atoms with Crippen molar-refractivity contribution in [2.75, 3.05) is 39.5 Å². The predicted molar refractivity (Wildman–Crippen MR) is 118 cm³/mol. The van der Waals surface area contributed by atoms with Crippen LogP contribution in [0.15, 0.2) is 41.0 Å². The summed E-state index contributed by atoms with van der Waals surface area (Å²) < 4.78 is 21.4. The number of hydrogen-bond donors (Lipinski definition) is 0. The van der Waals surface area contributed by atoms with Gasteiger partial charge in [0.25, 0.3) is 0 Å². The zero-order valence-electron chi connectivity index (χ0n) is 18.6.